The van der Waals surface area contributed by atoms with E-state index in [0.29, 0.717) is 17.5 Å². The monoisotopic (exact) mass is 417 g/mol. The smallest absolute Gasteiger partial charge is 0.228 e. The number of rotatable bonds is 5. The number of nitrogens with zero attached hydrogens (tertiary/aromatic N) is 10. The van der Waals surface area contributed by atoms with Gasteiger partial charge in [-0.15, -0.1) is 10.2 Å². The Labute approximate surface area is 177 Å². The van der Waals surface area contributed by atoms with E-state index in [9.17, 15) is 4.79 Å². The first-order valence-corrected chi connectivity index (χ1v) is 9.83. The van der Waals surface area contributed by atoms with Crippen LogP contribution < -0.4 is 10.2 Å². The van der Waals surface area contributed by atoms with Crippen LogP contribution >= 0.6 is 0 Å². The van der Waals surface area contributed by atoms with Crippen molar-refractivity contribution in [2.24, 2.45) is 5.92 Å². The Hall–Kier alpha value is -4.22. The van der Waals surface area contributed by atoms with E-state index in [-0.39, 0.29) is 11.8 Å². The van der Waals surface area contributed by atoms with Gasteiger partial charge in [-0.2, -0.15) is 10.2 Å². The highest BCUT2D eigenvalue weighted by molar-refractivity contribution is 5.92. The molecular weight excluding hydrogens is 398 g/mol. The standard InChI is InChI=1S/C19H19N11O/c31-19(25-15-10-18(22-12-21-15)30-13-20-11-24-30)14-4-8-28(9-5-14)16-2-3-17(27-26-16)29-7-1-6-23-29/h1-3,6-7,10-14H,4-5,8-9H2,(H,21,22,25,31). The topological polar surface area (TPSA) is 132 Å². The van der Waals surface area contributed by atoms with Crippen LogP contribution in [0, 0.1) is 5.92 Å². The summed E-state index contributed by atoms with van der Waals surface area (Å²) in [4.78, 5) is 27.0. The van der Waals surface area contributed by atoms with Crippen LogP contribution in [0.4, 0.5) is 11.6 Å². The number of piperidine rings is 1. The van der Waals surface area contributed by atoms with E-state index in [0.717, 1.165) is 31.7 Å². The number of hydrogen-bond donors (Lipinski definition) is 1. The number of nitrogens with one attached hydrogen (secondary N) is 1. The van der Waals surface area contributed by atoms with Gasteiger partial charge in [0.05, 0.1) is 0 Å². The number of carbonyl (C=O) groups excluding carboxylic acids is 1. The second kappa shape index (κ2) is 8.26. The van der Waals surface area contributed by atoms with Crippen LogP contribution in [0.1, 0.15) is 12.8 Å². The molecule has 156 valence electrons. The van der Waals surface area contributed by atoms with Crippen LogP contribution in [0.2, 0.25) is 0 Å². The lowest BCUT2D eigenvalue weighted by atomic mass is 9.96. The lowest BCUT2D eigenvalue weighted by Gasteiger charge is -2.31. The Morgan fingerprint density at radius 2 is 1.81 bits per heavy atom. The summed E-state index contributed by atoms with van der Waals surface area (Å²) in [6.07, 6.45) is 9.30. The third kappa shape index (κ3) is 4.08. The van der Waals surface area contributed by atoms with Crippen molar-refractivity contribution in [2.45, 2.75) is 12.8 Å². The fourth-order valence-electron chi connectivity index (χ4n) is 3.48. The molecule has 4 aromatic rings. The molecule has 1 amide bonds. The Balaban J connectivity index is 1.18. The van der Waals surface area contributed by atoms with Crippen molar-refractivity contribution in [1.82, 2.24) is 44.7 Å². The highest BCUT2D eigenvalue weighted by Crippen LogP contribution is 2.23. The maximum absolute atomic E-state index is 12.7. The van der Waals surface area contributed by atoms with Crippen molar-refractivity contribution in [3.05, 3.63) is 55.6 Å². The third-order valence-corrected chi connectivity index (χ3v) is 5.12. The van der Waals surface area contributed by atoms with Crippen molar-refractivity contribution >= 4 is 17.5 Å². The molecule has 12 heteroatoms. The molecule has 0 aromatic carbocycles. The maximum Gasteiger partial charge on any atom is 0.228 e. The van der Waals surface area contributed by atoms with Gasteiger partial charge in [0.2, 0.25) is 5.91 Å². The van der Waals surface area contributed by atoms with Gasteiger partial charge in [-0.1, -0.05) is 0 Å². The van der Waals surface area contributed by atoms with Gasteiger partial charge in [0.25, 0.3) is 0 Å². The van der Waals surface area contributed by atoms with Gasteiger partial charge in [0.15, 0.2) is 17.5 Å². The van der Waals surface area contributed by atoms with Crippen molar-refractivity contribution in [3.8, 4) is 11.6 Å². The second-order valence-corrected chi connectivity index (χ2v) is 7.05. The van der Waals surface area contributed by atoms with Crippen molar-refractivity contribution in [1.29, 1.82) is 0 Å². The molecule has 1 fully saturated rings. The van der Waals surface area contributed by atoms with E-state index in [1.54, 1.807) is 16.9 Å². The van der Waals surface area contributed by atoms with Gasteiger partial charge in [0.1, 0.15) is 24.8 Å². The molecule has 0 spiro atoms. The predicted octanol–water partition coefficient (Wildman–Crippen LogP) is 0.888. The molecule has 0 aliphatic carbocycles. The number of anilines is 2. The van der Waals surface area contributed by atoms with Crippen LogP contribution in [0.3, 0.4) is 0 Å². The van der Waals surface area contributed by atoms with Crippen molar-refractivity contribution in [2.75, 3.05) is 23.3 Å². The highest BCUT2D eigenvalue weighted by atomic mass is 16.2. The molecule has 0 atom stereocenters. The number of aromatic nitrogens is 9. The normalized spacial score (nSPS) is 14.5. The summed E-state index contributed by atoms with van der Waals surface area (Å²) in [7, 11) is 0. The number of carbonyl (C=O) groups is 1. The molecule has 12 nitrogen and oxygen atoms in total. The molecule has 31 heavy (non-hydrogen) atoms. The second-order valence-electron chi connectivity index (χ2n) is 7.05. The molecule has 1 aliphatic heterocycles. The molecule has 1 aliphatic rings. The van der Waals surface area contributed by atoms with Crippen molar-refractivity contribution in [3.63, 3.8) is 0 Å². The minimum atomic E-state index is -0.0997. The van der Waals surface area contributed by atoms with E-state index < -0.39 is 0 Å². The van der Waals surface area contributed by atoms with Gasteiger partial charge < -0.3 is 10.2 Å². The van der Waals surface area contributed by atoms with Crippen LogP contribution in [0.15, 0.2) is 55.6 Å². The molecule has 0 radical (unpaired) electrons. The van der Waals surface area contributed by atoms with Crippen LogP contribution in [0.25, 0.3) is 11.6 Å². The summed E-state index contributed by atoms with van der Waals surface area (Å²) >= 11 is 0. The molecule has 5 heterocycles. The zero-order chi connectivity index (χ0) is 21.0. The summed E-state index contributed by atoms with van der Waals surface area (Å²) in [5.41, 5.74) is 0. The van der Waals surface area contributed by atoms with Gasteiger partial charge in [0, 0.05) is 37.5 Å². The molecular formula is C19H19N11O. The molecule has 5 rings (SSSR count). The fourth-order valence-corrected chi connectivity index (χ4v) is 3.48. The Bertz CT molecular complexity index is 1130. The maximum atomic E-state index is 12.7. The number of hydrogen-bond acceptors (Lipinski definition) is 9. The Morgan fingerprint density at radius 1 is 0.968 bits per heavy atom. The molecule has 0 unspecified atom stereocenters. The molecule has 0 saturated carbocycles. The lowest BCUT2D eigenvalue weighted by Crippen LogP contribution is -2.38. The summed E-state index contributed by atoms with van der Waals surface area (Å²) in [5.74, 6) is 2.28. The van der Waals surface area contributed by atoms with E-state index in [1.165, 1.54) is 23.7 Å². The zero-order valence-electron chi connectivity index (χ0n) is 16.5. The lowest BCUT2D eigenvalue weighted by molar-refractivity contribution is -0.120. The van der Waals surface area contributed by atoms with Crippen LogP contribution in [-0.2, 0) is 4.79 Å². The van der Waals surface area contributed by atoms with Crippen LogP contribution in [0.5, 0.6) is 0 Å². The first kappa shape index (κ1) is 18.8. The zero-order valence-corrected chi connectivity index (χ0v) is 16.5. The Morgan fingerprint density at radius 3 is 2.52 bits per heavy atom. The summed E-state index contributed by atoms with van der Waals surface area (Å²) in [6, 6.07) is 7.31. The summed E-state index contributed by atoms with van der Waals surface area (Å²) < 4.78 is 3.17. The summed E-state index contributed by atoms with van der Waals surface area (Å²) in [5, 5.41) is 19.6. The van der Waals surface area contributed by atoms with E-state index in [4.69, 9.17) is 0 Å². The average Bonchev–Trinajstić information content (AvgIpc) is 3.54. The van der Waals surface area contributed by atoms with Gasteiger partial charge in [-0.3, -0.25) is 4.79 Å². The quantitative estimate of drug-likeness (QED) is 0.502. The van der Waals surface area contributed by atoms with Gasteiger partial charge in [-0.05, 0) is 31.0 Å². The van der Waals surface area contributed by atoms with Crippen LogP contribution in [-0.4, -0.2) is 63.7 Å². The first-order valence-electron chi connectivity index (χ1n) is 9.83. The molecule has 1 saturated heterocycles. The van der Waals surface area contributed by atoms with E-state index >= 15 is 0 Å². The van der Waals surface area contributed by atoms with E-state index in [2.05, 4.69) is 45.6 Å². The number of amides is 1. The Kier molecular flexibility index (Phi) is 5.01. The highest BCUT2D eigenvalue weighted by Gasteiger charge is 2.26. The van der Waals surface area contributed by atoms with Crippen molar-refractivity contribution < 1.29 is 4.79 Å². The minimum Gasteiger partial charge on any atom is -0.355 e. The molecule has 1 N–H and O–H groups in total. The molecule has 4 aromatic heterocycles. The van der Waals surface area contributed by atoms with E-state index in [1.807, 2.05) is 24.4 Å². The average molecular weight is 417 g/mol. The minimum absolute atomic E-state index is 0.0528. The summed E-state index contributed by atoms with van der Waals surface area (Å²) in [6.45, 7) is 1.45. The first-order chi connectivity index (χ1) is 15.3. The third-order valence-electron chi connectivity index (χ3n) is 5.12. The fraction of sp³-hybridized carbons (Fsp3) is 0.263. The van der Waals surface area contributed by atoms with Gasteiger partial charge >= 0.3 is 0 Å². The predicted molar refractivity (Wildman–Crippen MR) is 110 cm³/mol. The van der Waals surface area contributed by atoms with Gasteiger partial charge in [-0.25, -0.2) is 24.3 Å². The molecule has 0 bridgehead atoms. The SMILES string of the molecule is O=C(Nc1cc(-n2cncn2)ncn1)C1CCN(c2ccc(-n3cccn3)nn2)CC1. The largest absolute Gasteiger partial charge is 0.355 e.